The molecular formula is C13H18N4O3. The predicted octanol–water partition coefficient (Wildman–Crippen LogP) is 0.635. The van der Waals surface area contributed by atoms with Crippen molar-refractivity contribution in [3.63, 3.8) is 0 Å². The highest BCUT2D eigenvalue weighted by Crippen LogP contribution is 2.31. The Hall–Kier alpha value is -1.73. The third-order valence-corrected chi connectivity index (χ3v) is 4.18. The van der Waals surface area contributed by atoms with Gasteiger partial charge in [0, 0.05) is 19.3 Å². The van der Waals surface area contributed by atoms with Crippen molar-refractivity contribution in [2.75, 3.05) is 31.1 Å². The zero-order valence-electron chi connectivity index (χ0n) is 11.2. The van der Waals surface area contributed by atoms with Crippen LogP contribution in [-0.2, 0) is 0 Å². The molecule has 0 amide bonds. The smallest absolute Gasteiger partial charge is 0.310 e. The number of nitrogens with zero attached hydrogens (tertiary/aromatic N) is 4. The molecule has 108 valence electrons. The van der Waals surface area contributed by atoms with Crippen molar-refractivity contribution in [3.8, 4) is 0 Å². The van der Waals surface area contributed by atoms with Crippen LogP contribution in [0.15, 0.2) is 18.5 Å². The zero-order valence-corrected chi connectivity index (χ0v) is 11.2. The van der Waals surface area contributed by atoms with E-state index in [4.69, 9.17) is 0 Å². The van der Waals surface area contributed by atoms with Crippen LogP contribution < -0.4 is 4.90 Å². The minimum Gasteiger partial charge on any atom is -0.390 e. The lowest BCUT2D eigenvalue weighted by molar-refractivity contribution is -0.384. The molecule has 1 aromatic rings. The molecule has 2 aliphatic rings. The lowest BCUT2D eigenvalue weighted by atomic mass is 10.2. The number of aliphatic hydroxyl groups is 1. The summed E-state index contributed by atoms with van der Waals surface area (Å²) in [5.41, 5.74) is 0.549. The molecule has 0 spiro atoms. The normalized spacial score (nSPS) is 27.1. The van der Waals surface area contributed by atoms with E-state index in [1.807, 2.05) is 4.90 Å². The van der Waals surface area contributed by atoms with Crippen molar-refractivity contribution in [2.45, 2.75) is 25.0 Å². The number of pyridine rings is 1. The topological polar surface area (TPSA) is 82.7 Å². The summed E-state index contributed by atoms with van der Waals surface area (Å²) >= 11 is 0. The summed E-state index contributed by atoms with van der Waals surface area (Å²) in [5.74, 6) is 0. The van der Waals surface area contributed by atoms with Crippen LogP contribution in [0.5, 0.6) is 0 Å². The van der Waals surface area contributed by atoms with Gasteiger partial charge >= 0.3 is 5.69 Å². The molecule has 1 aromatic heterocycles. The van der Waals surface area contributed by atoms with Gasteiger partial charge in [0.2, 0.25) is 0 Å². The lowest BCUT2D eigenvalue weighted by Gasteiger charge is -2.25. The fourth-order valence-corrected chi connectivity index (χ4v) is 3.19. The molecule has 1 N–H and O–H groups in total. The van der Waals surface area contributed by atoms with Gasteiger partial charge in [-0.1, -0.05) is 0 Å². The van der Waals surface area contributed by atoms with Crippen molar-refractivity contribution < 1.29 is 10.0 Å². The van der Waals surface area contributed by atoms with Gasteiger partial charge in [0.05, 0.1) is 17.1 Å². The van der Waals surface area contributed by atoms with Crippen LogP contribution in [0.1, 0.15) is 12.8 Å². The van der Waals surface area contributed by atoms with E-state index >= 15 is 0 Å². The first-order valence-electron chi connectivity index (χ1n) is 6.92. The van der Waals surface area contributed by atoms with E-state index in [1.54, 1.807) is 12.3 Å². The van der Waals surface area contributed by atoms with E-state index in [0.717, 1.165) is 13.1 Å². The van der Waals surface area contributed by atoms with E-state index in [1.165, 1.54) is 19.0 Å². The number of hydrogen-bond donors (Lipinski definition) is 1. The maximum Gasteiger partial charge on any atom is 0.310 e. The maximum absolute atomic E-state index is 11.1. The van der Waals surface area contributed by atoms with Gasteiger partial charge in [-0.05, 0) is 32.0 Å². The number of rotatable bonds is 3. The van der Waals surface area contributed by atoms with Crippen LogP contribution in [0.4, 0.5) is 11.4 Å². The molecule has 2 aliphatic heterocycles. The minimum atomic E-state index is -0.458. The number of aromatic nitrogens is 1. The number of hydrogen-bond acceptors (Lipinski definition) is 6. The van der Waals surface area contributed by atoms with Crippen LogP contribution in [-0.4, -0.2) is 58.2 Å². The summed E-state index contributed by atoms with van der Waals surface area (Å²) in [6, 6.07) is 1.72. The Kier molecular flexibility index (Phi) is 3.54. The highest BCUT2D eigenvalue weighted by Gasteiger charge is 2.38. The zero-order chi connectivity index (χ0) is 14.1. The Balaban J connectivity index is 1.81. The number of anilines is 1. The molecule has 0 aromatic carbocycles. The number of β-amino-alcohol motifs (C(OH)–C–C–N with tert-alkyl or cyclic N) is 1. The first-order chi connectivity index (χ1) is 9.66. The summed E-state index contributed by atoms with van der Waals surface area (Å²) in [6.07, 6.45) is 4.70. The second kappa shape index (κ2) is 5.34. The molecule has 0 saturated carbocycles. The van der Waals surface area contributed by atoms with Crippen molar-refractivity contribution >= 4 is 11.4 Å². The average molecular weight is 278 g/mol. The first-order valence-corrected chi connectivity index (χ1v) is 6.92. The Bertz CT molecular complexity index is 504. The van der Waals surface area contributed by atoms with Gasteiger partial charge in [0.15, 0.2) is 0 Å². The van der Waals surface area contributed by atoms with E-state index in [0.29, 0.717) is 18.8 Å². The fraction of sp³-hybridized carbons (Fsp3) is 0.615. The second-order valence-electron chi connectivity index (χ2n) is 5.40. The molecule has 2 atom stereocenters. The minimum absolute atomic E-state index is 0.00164. The van der Waals surface area contributed by atoms with Crippen molar-refractivity contribution in [3.05, 3.63) is 28.6 Å². The highest BCUT2D eigenvalue weighted by molar-refractivity contribution is 5.62. The fourth-order valence-electron chi connectivity index (χ4n) is 3.19. The highest BCUT2D eigenvalue weighted by atomic mass is 16.6. The van der Waals surface area contributed by atoms with Crippen LogP contribution in [0.2, 0.25) is 0 Å². The van der Waals surface area contributed by atoms with Crippen LogP contribution in [0, 0.1) is 10.1 Å². The SMILES string of the molecule is O=[N+]([O-])c1cnccc1N1CC(O)C(N2CCCC2)C1. The molecule has 2 unspecified atom stereocenters. The first kappa shape index (κ1) is 13.3. The second-order valence-corrected chi connectivity index (χ2v) is 5.40. The number of likely N-dealkylation sites (tertiary alicyclic amines) is 1. The number of nitro groups is 1. The average Bonchev–Trinajstić information content (AvgIpc) is 3.07. The van der Waals surface area contributed by atoms with Crippen molar-refractivity contribution in [1.29, 1.82) is 0 Å². The van der Waals surface area contributed by atoms with Crippen LogP contribution in [0.25, 0.3) is 0 Å². The molecule has 20 heavy (non-hydrogen) atoms. The van der Waals surface area contributed by atoms with E-state index < -0.39 is 11.0 Å². The van der Waals surface area contributed by atoms with Gasteiger partial charge in [0.25, 0.3) is 0 Å². The third-order valence-electron chi connectivity index (χ3n) is 4.18. The molecule has 2 fully saturated rings. The van der Waals surface area contributed by atoms with Crippen molar-refractivity contribution in [2.24, 2.45) is 0 Å². The third kappa shape index (κ3) is 2.34. The summed E-state index contributed by atoms with van der Waals surface area (Å²) in [4.78, 5) is 18.6. The Morgan fingerprint density at radius 1 is 1.35 bits per heavy atom. The predicted molar refractivity (Wildman–Crippen MR) is 73.7 cm³/mol. The molecule has 7 nitrogen and oxygen atoms in total. The van der Waals surface area contributed by atoms with Gasteiger partial charge in [-0.25, -0.2) is 0 Å². The molecule has 0 bridgehead atoms. The summed E-state index contributed by atoms with van der Waals surface area (Å²) in [5, 5.41) is 21.3. The number of aliphatic hydroxyl groups excluding tert-OH is 1. The van der Waals surface area contributed by atoms with Gasteiger partial charge in [-0.3, -0.25) is 20.0 Å². The molecule has 0 radical (unpaired) electrons. The van der Waals surface area contributed by atoms with Crippen LogP contribution >= 0.6 is 0 Å². The van der Waals surface area contributed by atoms with Gasteiger partial charge < -0.3 is 10.0 Å². The largest absolute Gasteiger partial charge is 0.390 e. The summed E-state index contributed by atoms with van der Waals surface area (Å²) in [6.45, 7) is 3.08. The van der Waals surface area contributed by atoms with Gasteiger partial charge in [-0.15, -0.1) is 0 Å². The quantitative estimate of drug-likeness (QED) is 0.645. The maximum atomic E-state index is 11.1. The van der Waals surface area contributed by atoms with E-state index in [-0.39, 0.29) is 11.7 Å². The standard InChI is InChI=1S/C13H18N4O3/c18-13-9-16(8-12(13)15-5-1-2-6-15)10-3-4-14-7-11(10)17(19)20/h3-4,7,12-13,18H,1-2,5-6,8-9H2. The molecule has 7 heteroatoms. The Labute approximate surface area is 117 Å². The molecule has 3 rings (SSSR count). The summed E-state index contributed by atoms with van der Waals surface area (Å²) in [7, 11) is 0. The molecule has 3 heterocycles. The van der Waals surface area contributed by atoms with Crippen molar-refractivity contribution in [1.82, 2.24) is 9.88 Å². The summed E-state index contributed by atoms with van der Waals surface area (Å²) < 4.78 is 0. The molecule has 2 saturated heterocycles. The van der Waals surface area contributed by atoms with Gasteiger partial charge in [0.1, 0.15) is 11.9 Å². The van der Waals surface area contributed by atoms with Crippen LogP contribution in [0.3, 0.4) is 0 Å². The lowest BCUT2D eigenvalue weighted by Crippen LogP contribution is -2.41. The Morgan fingerprint density at radius 2 is 2.10 bits per heavy atom. The molecule has 0 aliphatic carbocycles. The Morgan fingerprint density at radius 3 is 2.80 bits per heavy atom. The van der Waals surface area contributed by atoms with E-state index in [2.05, 4.69) is 9.88 Å². The van der Waals surface area contributed by atoms with Gasteiger partial charge in [-0.2, -0.15) is 0 Å². The molecular weight excluding hydrogens is 260 g/mol. The monoisotopic (exact) mass is 278 g/mol. The van der Waals surface area contributed by atoms with E-state index in [9.17, 15) is 15.2 Å².